The van der Waals surface area contributed by atoms with Gasteiger partial charge < -0.3 is 4.98 Å². The van der Waals surface area contributed by atoms with Crippen LogP contribution in [0.25, 0.3) is 10.9 Å². The lowest BCUT2D eigenvalue weighted by atomic mass is 10.0. The molecule has 0 unspecified atom stereocenters. The maximum atomic E-state index is 13.1. The summed E-state index contributed by atoms with van der Waals surface area (Å²) in [5, 5.41) is 0.676. The number of hydrazine groups is 1. The van der Waals surface area contributed by atoms with Crippen LogP contribution >= 0.6 is 11.6 Å². The van der Waals surface area contributed by atoms with Crippen LogP contribution in [0, 0.1) is 6.92 Å². The van der Waals surface area contributed by atoms with Crippen LogP contribution in [0.4, 0.5) is 0 Å². The number of aryl methyl sites for hydroxylation is 1. The normalized spacial score (nSPS) is 11.6. The second kappa shape index (κ2) is 6.78. The zero-order valence-corrected chi connectivity index (χ0v) is 15.5. The Bertz CT molecular complexity index is 1200. The number of nitrogen functional groups attached to an aromatic ring is 1. The second-order valence-corrected chi connectivity index (χ2v) is 7.67. The molecule has 0 aliphatic rings. The Balaban J connectivity index is 2.32. The number of rotatable bonds is 4. The lowest BCUT2D eigenvalue weighted by molar-refractivity contribution is 0.0943. The average Bonchev–Trinajstić information content (AvgIpc) is 2.97. The highest BCUT2D eigenvalue weighted by Crippen LogP contribution is 2.29. The first-order valence-corrected chi connectivity index (χ1v) is 9.40. The smallest absolute Gasteiger partial charge is 0.295 e. The standard InChI is InChI=1S/C17H14ClN3O5S/c1-8-2-5-13(27(24,25)26)11(6-8)16(22)15-14(17(23)21-19)10-7-9(18)3-4-12(10)20-15/h2-7,20H,19H2,1H3,(H,21,23)(H,24,25,26). The van der Waals surface area contributed by atoms with Crippen molar-refractivity contribution < 1.29 is 22.6 Å². The van der Waals surface area contributed by atoms with E-state index >= 15 is 0 Å². The van der Waals surface area contributed by atoms with Crippen LogP contribution in [0.5, 0.6) is 0 Å². The Morgan fingerprint density at radius 2 is 1.89 bits per heavy atom. The van der Waals surface area contributed by atoms with Crippen molar-refractivity contribution in [1.29, 1.82) is 0 Å². The zero-order chi connectivity index (χ0) is 19.9. The van der Waals surface area contributed by atoms with Gasteiger partial charge in [0.2, 0.25) is 5.78 Å². The Labute approximate surface area is 159 Å². The molecule has 1 aromatic heterocycles. The van der Waals surface area contributed by atoms with E-state index in [0.29, 0.717) is 21.5 Å². The van der Waals surface area contributed by atoms with Gasteiger partial charge in [-0.1, -0.05) is 23.2 Å². The number of carbonyl (C=O) groups is 2. The summed E-state index contributed by atoms with van der Waals surface area (Å²) in [6, 6.07) is 8.50. The van der Waals surface area contributed by atoms with Gasteiger partial charge in [-0.25, -0.2) is 5.84 Å². The molecule has 0 aliphatic heterocycles. The van der Waals surface area contributed by atoms with Crippen molar-refractivity contribution in [3.8, 4) is 0 Å². The summed E-state index contributed by atoms with van der Waals surface area (Å²) in [6.45, 7) is 1.66. The molecular weight excluding hydrogens is 394 g/mol. The molecular formula is C17H14ClN3O5S. The topological polar surface area (TPSA) is 142 Å². The van der Waals surface area contributed by atoms with E-state index in [9.17, 15) is 22.6 Å². The van der Waals surface area contributed by atoms with Crippen molar-refractivity contribution in [1.82, 2.24) is 10.4 Å². The van der Waals surface area contributed by atoms with Crippen molar-refractivity contribution in [2.45, 2.75) is 11.8 Å². The summed E-state index contributed by atoms with van der Waals surface area (Å²) in [7, 11) is -4.66. The summed E-state index contributed by atoms with van der Waals surface area (Å²) >= 11 is 5.98. The van der Waals surface area contributed by atoms with Crippen LogP contribution in [-0.2, 0) is 10.1 Å². The van der Waals surface area contributed by atoms with Gasteiger partial charge in [-0.2, -0.15) is 8.42 Å². The largest absolute Gasteiger partial charge is 0.351 e. The third-order valence-electron chi connectivity index (χ3n) is 4.00. The molecule has 1 heterocycles. The third kappa shape index (κ3) is 3.45. The first-order valence-electron chi connectivity index (χ1n) is 7.58. The van der Waals surface area contributed by atoms with E-state index in [-0.39, 0.29) is 16.8 Å². The van der Waals surface area contributed by atoms with E-state index < -0.39 is 26.7 Å². The number of amides is 1. The van der Waals surface area contributed by atoms with Gasteiger partial charge in [-0.15, -0.1) is 0 Å². The molecule has 0 fully saturated rings. The van der Waals surface area contributed by atoms with Crippen LogP contribution in [0.1, 0.15) is 32.0 Å². The minimum absolute atomic E-state index is 0.0807. The van der Waals surface area contributed by atoms with E-state index in [0.717, 1.165) is 6.07 Å². The number of nitrogens with two attached hydrogens (primary N) is 1. The molecule has 1 amide bonds. The molecule has 0 atom stereocenters. The molecule has 140 valence electrons. The molecule has 0 saturated heterocycles. The number of ketones is 1. The highest BCUT2D eigenvalue weighted by molar-refractivity contribution is 7.86. The first kappa shape index (κ1) is 19.1. The average molecular weight is 408 g/mol. The van der Waals surface area contributed by atoms with Crippen LogP contribution < -0.4 is 11.3 Å². The number of fused-ring (bicyclic) bond motifs is 1. The zero-order valence-electron chi connectivity index (χ0n) is 13.9. The lowest BCUT2D eigenvalue weighted by Crippen LogP contribution is -2.31. The fourth-order valence-electron chi connectivity index (χ4n) is 2.82. The van der Waals surface area contributed by atoms with E-state index in [1.165, 1.54) is 18.2 Å². The Kier molecular flexibility index (Phi) is 4.79. The monoisotopic (exact) mass is 407 g/mol. The summed E-state index contributed by atoms with van der Waals surface area (Å²) in [5.74, 6) is 3.68. The molecule has 0 radical (unpaired) electrons. The molecule has 8 nitrogen and oxygen atoms in total. The Morgan fingerprint density at radius 1 is 1.19 bits per heavy atom. The molecule has 27 heavy (non-hydrogen) atoms. The maximum Gasteiger partial charge on any atom is 0.295 e. The molecule has 3 aromatic rings. The van der Waals surface area contributed by atoms with Crippen LogP contribution in [0.15, 0.2) is 41.3 Å². The van der Waals surface area contributed by atoms with Crippen molar-refractivity contribution in [2.75, 3.05) is 0 Å². The minimum Gasteiger partial charge on any atom is -0.351 e. The van der Waals surface area contributed by atoms with Gasteiger partial charge in [0.25, 0.3) is 16.0 Å². The number of halogens is 1. The molecule has 0 aliphatic carbocycles. The van der Waals surface area contributed by atoms with Gasteiger partial charge in [-0.3, -0.25) is 19.6 Å². The van der Waals surface area contributed by atoms with Crippen LogP contribution in [-0.4, -0.2) is 29.6 Å². The van der Waals surface area contributed by atoms with Crippen molar-refractivity contribution >= 4 is 44.3 Å². The summed E-state index contributed by atoms with van der Waals surface area (Å²) in [5.41, 5.74) is 2.45. The van der Waals surface area contributed by atoms with Gasteiger partial charge in [-0.05, 0) is 37.3 Å². The molecule has 0 saturated carbocycles. The third-order valence-corrected chi connectivity index (χ3v) is 5.15. The number of hydrogen-bond acceptors (Lipinski definition) is 5. The van der Waals surface area contributed by atoms with E-state index in [2.05, 4.69) is 4.98 Å². The summed E-state index contributed by atoms with van der Waals surface area (Å²) in [6.07, 6.45) is 0. The predicted molar refractivity (Wildman–Crippen MR) is 99.4 cm³/mol. The molecule has 5 N–H and O–H groups in total. The van der Waals surface area contributed by atoms with Gasteiger partial charge in [0.1, 0.15) is 10.6 Å². The van der Waals surface area contributed by atoms with Gasteiger partial charge in [0.15, 0.2) is 0 Å². The molecule has 0 spiro atoms. The SMILES string of the molecule is Cc1ccc(S(=O)(=O)O)c(C(=O)c2[nH]c3ccc(Cl)cc3c2C(=O)NN)c1. The fourth-order valence-corrected chi connectivity index (χ4v) is 3.66. The lowest BCUT2D eigenvalue weighted by Gasteiger charge is -2.08. The highest BCUT2D eigenvalue weighted by Gasteiger charge is 2.28. The number of H-pyrrole nitrogens is 1. The van der Waals surface area contributed by atoms with Crippen molar-refractivity contribution in [3.63, 3.8) is 0 Å². The van der Waals surface area contributed by atoms with Gasteiger partial charge in [0.05, 0.1) is 5.56 Å². The number of aromatic amines is 1. The van der Waals surface area contributed by atoms with Crippen molar-refractivity contribution in [3.05, 3.63) is 63.8 Å². The summed E-state index contributed by atoms with van der Waals surface area (Å²) < 4.78 is 32.8. The van der Waals surface area contributed by atoms with Gasteiger partial charge >= 0.3 is 0 Å². The number of carbonyl (C=O) groups excluding carboxylic acids is 2. The first-order chi connectivity index (χ1) is 12.6. The second-order valence-electron chi connectivity index (χ2n) is 5.84. The number of benzene rings is 2. The Hall–Kier alpha value is -2.72. The van der Waals surface area contributed by atoms with Crippen LogP contribution in [0.3, 0.4) is 0 Å². The van der Waals surface area contributed by atoms with E-state index in [1.807, 2.05) is 5.43 Å². The molecule has 10 heteroatoms. The fraction of sp³-hybridized carbons (Fsp3) is 0.0588. The number of nitrogens with one attached hydrogen (secondary N) is 2. The predicted octanol–water partition coefficient (Wildman–Crippen LogP) is 2.21. The molecule has 0 bridgehead atoms. The summed E-state index contributed by atoms with van der Waals surface area (Å²) in [4.78, 5) is 27.6. The minimum atomic E-state index is -4.66. The Morgan fingerprint density at radius 3 is 2.52 bits per heavy atom. The highest BCUT2D eigenvalue weighted by atomic mass is 35.5. The molecule has 3 rings (SSSR count). The van der Waals surface area contributed by atoms with E-state index in [4.69, 9.17) is 17.4 Å². The quantitative estimate of drug-likeness (QED) is 0.172. The van der Waals surface area contributed by atoms with Gasteiger partial charge in [0, 0.05) is 21.5 Å². The van der Waals surface area contributed by atoms with Crippen molar-refractivity contribution in [2.24, 2.45) is 5.84 Å². The van der Waals surface area contributed by atoms with E-state index in [1.54, 1.807) is 19.1 Å². The number of hydrogen-bond donors (Lipinski definition) is 4. The number of aromatic nitrogens is 1. The van der Waals surface area contributed by atoms with Crippen LogP contribution in [0.2, 0.25) is 5.02 Å². The maximum absolute atomic E-state index is 13.1. The molecule has 2 aromatic carbocycles.